The van der Waals surface area contributed by atoms with Crippen molar-refractivity contribution in [1.29, 1.82) is 0 Å². The summed E-state index contributed by atoms with van der Waals surface area (Å²) in [5.74, 6) is -0.198. The molecule has 0 aromatic heterocycles. The summed E-state index contributed by atoms with van der Waals surface area (Å²) in [5.41, 5.74) is 6.59. The van der Waals surface area contributed by atoms with Gasteiger partial charge in [-0.2, -0.15) is 0 Å². The van der Waals surface area contributed by atoms with Crippen molar-refractivity contribution in [2.24, 2.45) is 0 Å². The van der Waals surface area contributed by atoms with Gasteiger partial charge in [-0.25, -0.2) is 0 Å². The van der Waals surface area contributed by atoms with Crippen LogP contribution in [0.4, 0.5) is 5.69 Å². The summed E-state index contributed by atoms with van der Waals surface area (Å²) in [6, 6.07) is 4.97. The smallest absolute Gasteiger partial charge is 0.253 e. The number of nitrogens with two attached hydrogens (primary N) is 1. The van der Waals surface area contributed by atoms with Crippen LogP contribution in [-0.2, 0) is 0 Å². The maximum Gasteiger partial charge on any atom is 0.253 e. The van der Waals surface area contributed by atoms with E-state index in [1.54, 1.807) is 18.2 Å². The quantitative estimate of drug-likeness (QED) is 0.718. The molecule has 4 N–H and O–H groups in total. The van der Waals surface area contributed by atoms with Crippen LogP contribution >= 0.6 is 11.6 Å². The Balaban J connectivity index is 2.01. The topological polar surface area (TPSA) is 75.4 Å². The number of benzene rings is 1. The van der Waals surface area contributed by atoms with E-state index in [1.165, 1.54) is 0 Å². The number of aliphatic hydroxyl groups is 1. The number of halogens is 1. The molecule has 0 aliphatic heterocycles. The second-order valence-electron chi connectivity index (χ2n) is 4.71. The maximum atomic E-state index is 12.1. The number of aliphatic hydroxyl groups excluding tert-OH is 1. The van der Waals surface area contributed by atoms with Crippen LogP contribution in [-0.4, -0.2) is 23.2 Å². The minimum Gasteiger partial charge on any atom is -0.398 e. The first-order chi connectivity index (χ1) is 8.56. The van der Waals surface area contributed by atoms with Gasteiger partial charge in [0.05, 0.1) is 11.7 Å². The summed E-state index contributed by atoms with van der Waals surface area (Å²) in [4.78, 5) is 12.1. The molecule has 0 unspecified atom stereocenters. The Morgan fingerprint density at radius 1 is 1.33 bits per heavy atom. The van der Waals surface area contributed by atoms with Crippen LogP contribution in [0.3, 0.4) is 0 Å². The Morgan fingerprint density at radius 3 is 2.67 bits per heavy atom. The first-order valence-corrected chi connectivity index (χ1v) is 6.48. The van der Waals surface area contributed by atoms with Crippen LogP contribution in [0, 0.1) is 0 Å². The number of carbonyl (C=O) groups is 1. The summed E-state index contributed by atoms with van der Waals surface area (Å²) in [6.45, 7) is 0. The van der Waals surface area contributed by atoms with E-state index < -0.39 is 0 Å². The standard InChI is InChI=1S/C13H17ClN2O2/c14-8-1-6-12(15)11(7-8)13(18)16-9-2-4-10(17)5-3-9/h1,6-7,9-10,17H,2-5,15H2,(H,16,18). The molecule has 1 aromatic rings. The first kappa shape index (κ1) is 13.2. The van der Waals surface area contributed by atoms with Crippen molar-refractivity contribution in [1.82, 2.24) is 5.32 Å². The molecule has 1 aliphatic rings. The van der Waals surface area contributed by atoms with Crippen LogP contribution in [0.1, 0.15) is 36.0 Å². The number of anilines is 1. The normalized spacial score (nSPS) is 23.7. The van der Waals surface area contributed by atoms with Crippen molar-refractivity contribution < 1.29 is 9.90 Å². The van der Waals surface area contributed by atoms with Crippen molar-refractivity contribution in [2.45, 2.75) is 37.8 Å². The van der Waals surface area contributed by atoms with E-state index in [-0.39, 0.29) is 18.1 Å². The Kier molecular flexibility index (Phi) is 4.09. The Hall–Kier alpha value is -1.26. The molecular weight excluding hydrogens is 252 g/mol. The molecule has 0 spiro atoms. The summed E-state index contributed by atoms with van der Waals surface area (Å²) < 4.78 is 0. The number of amides is 1. The van der Waals surface area contributed by atoms with Gasteiger partial charge in [0.2, 0.25) is 0 Å². The molecule has 98 valence electrons. The van der Waals surface area contributed by atoms with Crippen LogP contribution in [0.15, 0.2) is 18.2 Å². The molecule has 1 saturated carbocycles. The molecule has 5 heteroatoms. The monoisotopic (exact) mass is 268 g/mol. The number of rotatable bonds is 2. The van der Waals surface area contributed by atoms with E-state index in [0.717, 1.165) is 25.7 Å². The number of hydrogen-bond donors (Lipinski definition) is 3. The molecule has 1 amide bonds. The molecule has 0 heterocycles. The highest BCUT2D eigenvalue weighted by Crippen LogP contribution is 2.21. The zero-order chi connectivity index (χ0) is 13.1. The molecule has 0 atom stereocenters. The van der Waals surface area contributed by atoms with Crippen LogP contribution < -0.4 is 11.1 Å². The van der Waals surface area contributed by atoms with Crippen molar-refractivity contribution >= 4 is 23.2 Å². The van der Waals surface area contributed by atoms with Gasteiger partial charge in [-0.15, -0.1) is 0 Å². The van der Waals surface area contributed by atoms with Gasteiger partial charge < -0.3 is 16.2 Å². The molecule has 0 bridgehead atoms. The highest BCUT2D eigenvalue weighted by molar-refractivity contribution is 6.31. The minimum absolute atomic E-state index is 0.110. The summed E-state index contributed by atoms with van der Waals surface area (Å²) in [7, 11) is 0. The van der Waals surface area contributed by atoms with Crippen molar-refractivity contribution in [2.75, 3.05) is 5.73 Å². The van der Waals surface area contributed by atoms with E-state index in [0.29, 0.717) is 16.3 Å². The molecule has 0 saturated heterocycles. The predicted molar refractivity (Wildman–Crippen MR) is 71.6 cm³/mol. The average Bonchev–Trinajstić information content (AvgIpc) is 2.35. The zero-order valence-electron chi connectivity index (χ0n) is 10.0. The fourth-order valence-electron chi connectivity index (χ4n) is 2.21. The molecule has 4 nitrogen and oxygen atoms in total. The number of nitrogens with one attached hydrogen (secondary N) is 1. The van der Waals surface area contributed by atoms with E-state index in [9.17, 15) is 9.90 Å². The maximum absolute atomic E-state index is 12.1. The molecular formula is C13H17ClN2O2. The van der Waals surface area contributed by atoms with E-state index in [1.807, 2.05) is 0 Å². The minimum atomic E-state index is -0.227. The average molecular weight is 269 g/mol. The van der Waals surface area contributed by atoms with Gasteiger partial charge in [0.1, 0.15) is 0 Å². The SMILES string of the molecule is Nc1ccc(Cl)cc1C(=O)NC1CCC(O)CC1. The van der Waals surface area contributed by atoms with Crippen molar-refractivity contribution in [3.63, 3.8) is 0 Å². The molecule has 1 fully saturated rings. The largest absolute Gasteiger partial charge is 0.398 e. The summed E-state index contributed by atoms with van der Waals surface area (Å²) in [5, 5.41) is 12.8. The fourth-order valence-corrected chi connectivity index (χ4v) is 2.38. The predicted octanol–water partition coefficient (Wildman–Crippen LogP) is 1.96. The van der Waals surface area contributed by atoms with Crippen molar-refractivity contribution in [3.05, 3.63) is 28.8 Å². The van der Waals surface area contributed by atoms with Gasteiger partial charge >= 0.3 is 0 Å². The molecule has 1 aromatic carbocycles. The van der Waals surface area contributed by atoms with Gasteiger partial charge in [-0.05, 0) is 43.9 Å². The lowest BCUT2D eigenvalue weighted by molar-refractivity contribution is 0.0868. The Bertz CT molecular complexity index is 443. The van der Waals surface area contributed by atoms with E-state index in [4.69, 9.17) is 17.3 Å². The molecule has 18 heavy (non-hydrogen) atoms. The fraction of sp³-hybridized carbons (Fsp3) is 0.462. The lowest BCUT2D eigenvalue weighted by atomic mass is 9.93. The third kappa shape index (κ3) is 3.15. The van der Waals surface area contributed by atoms with Crippen LogP contribution in [0.5, 0.6) is 0 Å². The summed E-state index contributed by atoms with van der Waals surface area (Å²) in [6.07, 6.45) is 2.83. The lowest BCUT2D eigenvalue weighted by Crippen LogP contribution is -2.38. The third-order valence-corrected chi connectivity index (χ3v) is 3.53. The highest BCUT2D eigenvalue weighted by atomic mass is 35.5. The Labute approximate surface area is 111 Å². The number of nitrogen functional groups attached to an aromatic ring is 1. The summed E-state index contributed by atoms with van der Waals surface area (Å²) >= 11 is 5.85. The van der Waals surface area contributed by atoms with E-state index >= 15 is 0 Å². The lowest BCUT2D eigenvalue weighted by Gasteiger charge is -2.26. The van der Waals surface area contributed by atoms with Crippen molar-refractivity contribution in [3.8, 4) is 0 Å². The third-order valence-electron chi connectivity index (χ3n) is 3.29. The molecule has 2 rings (SSSR count). The second-order valence-corrected chi connectivity index (χ2v) is 5.15. The van der Waals surface area contributed by atoms with Crippen LogP contribution in [0.2, 0.25) is 5.02 Å². The number of hydrogen-bond acceptors (Lipinski definition) is 3. The zero-order valence-corrected chi connectivity index (χ0v) is 10.8. The highest BCUT2D eigenvalue weighted by Gasteiger charge is 2.22. The number of carbonyl (C=O) groups excluding carboxylic acids is 1. The Morgan fingerprint density at radius 2 is 2.00 bits per heavy atom. The second kappa shape index (κ2) is 5.59. The molecule has 1 aliphatic carbocycles. The van der Waals surface area contributed by atoms with Gasteiger partial charge in [-0.3, -0.25) is 4.79 Å². The van der Waals surface area contributed by atoms with E-state index in [2.05, 4.69) is 5.32 Å². The van der Waals surface area contributed by atoms with Gasteiger partial charge in [-0.1, -0.05) is 11.6 Å². The van der Waals surface area contributed by atoms with Gasteiger partial charge in [0.15, 0.2) is 0 Å². The van der Waals surface area contributed by atoms with Crippen LogP contribution in [0.25, 0.3) is 0 Å². The van der Waals surface area contributed by atoms with Gasteiger partial charge in [0.25, 0.3) is 5.91 Å². The van der Waals surface area contributed by atoms with Gasteiger partial charge in [0, 0.05) is 16.8 Å². The first-order valence-electron chi connectivity index (χ1n) is 6.10. The molecule has 0 radical (unpaired) electrons.